The molecule has 0 aliphatic carbocycles. The summed E-state index contributed by atoms with van der Waals surface area (Å²) < 4.78 is 19.5. The molecule has 0 aromatic heterocycles. The van der Waals surface area contributed by atoms with Gasteiger partial charge < -0.3 is 4.74 Å². The van der Waals surface area contributed by atoms with Crippen LogP contribution in [0.2, 0.25) is 0 Å². The van der Waals surface area contributed by atoms with Crippen LogP contribution in [0, 0.1) is 19.7 Å². The van der Waals surface area contributed by atoms with E-state index in [4.69, 9.17) is 4.74 Å². The van der Waals surface area contributed by atoms with Crippen LogP contribution in [-0.2, 0) is 16.2 Å². The molecular weight excluding hydrogens is 423 g/mol. The minimum Gasteiger partial charge on any atom is -0.489 e. The first-order chi connectivity index (χ1) is 15.8. The SMILES string of the molecule is Cc1cc(C)cc(N2C(=O)NC(=O)/C(=C\c3cccc(OCc4ccccc4F)c3)C2=O)c1. The molecule has 0 spiro atoms. The molecule has 0 saturated carbocycles. The van der Waals surface area contributed by atoms with Gasteiger partial charge in [0.2, 0.25) is 0 Å². The predicted molar refractivity (Wildman–Crippen MR) is 122 cm³/mol. The molecule has 7 heteroatoms. The Hall–Kier alpha value is -4.26. The molecule has 1 saturated heterocycles. The third-order valence-electron chi connectivity index (χ3n) is 5.09. The Morgan fingerprint density at radius 2 is 1.67 bits per heavy atom. The first kappa shape index (κ1) is 22.0. The lowest BCUT2D eigenvalue weighted by Gasteiger charge is -2.27. The van der Waals surface area contributed by atoms with Gasteiger partial charge in [0, 0.05) is 5.56 Å². The summed E-state index contributed by atoms with van der Waals surface area (Å²) in [6.45, 7) is 3.75. The van der Waals surface area contributed by atoms with Gasteiger partial charge in [-0.05, 0) is 66.9 Å². The summed E-state index contributed by atoms with van der Waals surface area (Å²) >= 11 is 0. The van der Waals surface area contributed by atoms with E-state index in [0.717, 1.165) is 16.0 Å². The van der Waals surface area contributed by atoms with Gasteiger partial charge in [-0.15, -0.1) is 0 Å². The number of barbiturate groups is 1. The standard InChI is InChI=1S/C26H21FN2O4/c1-16-10-17(2)12-20(11-16)29-25(31)22(24(30)28-26(29)32)14-18-6-5-8-21(13-18)33-15-19-7-3-4-9-23(19)27/h3-14H,15H2,1-2H3,(H,28,30,32)/b22-14+. The van der Waals surface area contributed by atoms with Gasteiger partial charge in [0.15, 0.2) is 0 Å². The van der Waals surface area contributed by atoms with Crippen molar-refractivity contribution in [1.82, 2.24) is 5.32 Å². The van der Waals surface area contributed by atoms with Gasteiger partial charge in [-0.2, -0.15) is 0 Å². The molecule has 166 valence electrons. The second-order valence-corrected chi connectivity index (χ2v) is 7.76. The maximum atomic E-state index is 13.8. The fourth-order valence-electron chi connectivity index (χ4n) is 3.61. The normalized spacial score (nSPS) is 15.1. The van der Waals surface area contributed by atoms with E-state index in [2.05, 4.69) is 5.32 Å². The van der Waals surface area contributed by atoms with Gasteiger partial charge >= 0.3 is 6.03 Å². The number of carbonyl (C=O) groups excluding carboxylic acids is 3. The van der Waals surface area contributed by atoms with Gasteiger partial charge in [0.05, 0.1) is 5.69 Å². The third kappa shape index (κ3) is 4.82. The molecule has 3 aromatic carbocycles. The van der Waals surface area contributed by atoms with Crippen LogP contribution >= 0.6 is 0 Å². The fraction of sp³-hybridized carbons (Fsp3) is 0.115. The summed E-state index contributed by atoms with van der Waals surface area (Å²) in [6, 6.07) is 17.6. The summed E-state index contributed by atoms with van der Waals surface area (Å²) in [5, 5.41) is 2.22. The Morgan fingerprint density at radius 3 is 2.39 bits per heavy atom. The highest BCUT2D eigenvalue weighted by molar-refractivity contribution is 6.39. The van der Waals surface area contributed by atoms with Crippen molar-refractivity contribution in [3.8, 4) is 5.75 Å². The number of imide groups is 2. The first-order valence-corrected chi connectivity index (χ1v) is 10.3. The van der Waals surface area contributed by atoms with E-state index < -0.39 is 17.8 Å². The summed E-state index contributed by atoms with van der Waals surface area (Å²) in [6.07, 6.45) is 1.40. The van der Waals surface area contributed by atoms with Crippen molar-refractivity contribution < 1.29 is 23.5 Å². The van der Waals surface area contributed by atoms with Crippen LogP contribution in [0.1, 0.15) is 22.3 Å². The Kier molecular flexibility index (Phi) is 6.04. The van der Waals surface area contributed by atoms with E-state index in [0.29, 0.717) is 22.6 Å². The van der Waals surface area contributed by atoms with Crippen LogP contribution in [0.15, 0.2) is 72.3 Å². The highest BCUT2D eigenvalue weighted by Gasteiger charge is 2.36. The van der Waals surface area contributed by atoms with E-state index in [9.17, 15) is 18.8 Å². The summed E-state index contributed by atoms with van der Waals surface area (Å²) in [5.74, 6) is -1.41. The number of urea groups is 1. The van der Waals surface area contributed by atoms with Crippen molar-refractivity contribution in [2.24, 2.45) is 0 Å². The number of nitrogens with one attached hydrogen (secondary N) is 1. The van der Waals surface area contributed by atoms with Crippen LogP contribution in [-0.4, -0.2) is 17.8 Å². The minimum atomic E-state index is -0.797. The Morgan fingerprint density at radius 1 is 0.939 bits per heavy atom. The molecule has 1 fully saturated rings. The number of rotatable bonds is 5. The van der Waals surface area contributed by atoms with E-state index in [1.54, 1.807) is 54.6 Å². The highest BCUT2D eigenvalue weighted by Crippen LogP contribution is 2.25. The van der Waals surface area contributed by atoms with Crippen LogP contribution in [0.3, 0.4) is 0 Å². The van der Waals surface area contributed by atoms with Crippen molar-refractivity contribution in [2.45, 2.75) is 20.5 Å². The molecule has 4 rings (SSSR count). The quantitative estimate of drug-likeness (QED) is 0.458. The number of halogens is 1. The lowest BCUT2D eigenvalue weighted by molar-refractivity contribution is -0.122. The highest BCUT2D eigenvalue weighted by atomic mass is 19.1. The molecule has 1 aliphatic rings. The molecule has 0 unspecified atom stereocenters. The number of hydrogen-bond donors (Lipinski definition) is 1. The molecule has 0 bridgehead atoms. The van der Waals surface area contributed by atoms with E-state index in [-0.39, 0.29) is 18.0 Å². The minimum absolute atomic E-state index is 0.0289. The Bertz CT molecular complexity index is 1280. The lowest BCUT2D eigenvalue weighted by atomic mass is 10.1. The van der Waals surface area contributed by atoms with Gasteiger partial charge in [-0.25, -0.2) is 14.1 Å². The number of hydrogen-bond acceptors (Lipinski definition) is 4. The maximum absolute atomic E-state index is 13.8. The van der Waals surface area contributed by atoms with Crippen LogP contribution in [0.25, 0.3) is 6.08 Å². The third-order valence-corrected chi connectivity index (χ3v) is 5.09. The zero-order valence-corrected chi connectivity index (χ0v) is 18.1. The molecule has 1 heterocycles. The first-order valence-electron chi connectivity index (χ1n) is 10.3. The number of aryl methyl sites for hydroxylation is 2. The van der Waals surface area contributed by atoms with Crippen LogP contribution in [0.5, 0.6) is 5.75 Å². The average Bonchev–Trinajstić information content (AvgIpc) is 2.76. The van der Waals surface area contributed by atoms with Crippen molar-refractivity contribution >= 4 is 29.6 Å². The van der Waals surface area contributed by atoms with Crippen molar-refractivity contribution in [1.29, 1.82) is 0 Å². The zero-order valence-electron chi connectivity index (χ0n) is 18.1. The summed E-state index contributed by atoms with van der Waals surface area (Å²) in [4.78, 5) is 38.9. The maximum Gasteiger partial charge on any atom is 0.335 e. The van der Waals surface area contributed by atoms with Crippen molar-refractivity contribution in [3.05, 3.63) is 100 Å². The average molecular weight is 444 g/mol. The lowest BCUT2D eigenvalue weighted by Crippen LogP contribution is -2.54. The molecule has 0 atom stereocenters. The molecule has 3 aromatic rings. The summed E-state index contributed by atoms with van der Waals surface area (Å²) in [5.41, 5.74) is 2.90. The second-order valence-electron chi connectivity index (χ2n) is 7.76. The number of amides is 4. The van der Waals surface area contributed by atoms with Gasteiger partial charge in [-0.3, -0.25) is 14.9 Å². The Balaban J connectivity index is 1.60. The molecule has 1 aliphatic heterocycles. The van der Waals surface area contributed by atoms with Gasteiger partial charge in [-0.1, -0.05) is 36.4 Å². The van der Waals surface area contributed by atoms with E-state index in [1.165, 1.54) is 12.1 Å². The fourth-order valence-corrected chi connectivity index (χ4v) is 3.61. The zero-order chi connectivity index (χ0) is 23.5. The number of ether oxygens (including phenoxy) is 1. The smallest absolute Gasteiger partial charge is 0.335 e. The van der Waals surface area contributed by atoms with Gasteiger partial charge in [0.1, 0.15) is 23.7 Å². The van der Waals surface area contributed by atoms with Crippen molar-refractivity contribution in [2.75, 3.05) is 4.90 Å². The van der Waals surface area contributed by atoms with E-state index >= 15 is 0 Å². The predicted octanol–water partition coefficient (Wildman–Crippen LogP) is 4.69. The van der Waals surface area contributed by atoms with Crippen LogP contribution in [0.4, 0.5) is 14.9 Å². The topological polar surface area (TPSA) is 75.7 Å². The molecule has 1 N–H and O–H groups in total. The number of benzene rings is 3. The largest absolute Gasteiger partial charge is 0.489 e. The molecule has 0 radical (unpaired) electrons. The molecule has 6 nitrogen and oxygen atoms in total. The number of anilines is 1. The van der Waals surface area contributed by atoms with Crippen molar-refractivity contribution in [3.63, 3.8) is 0 Å². The monoisotopic (exact) mass is 444 g/mol. The van der Waals surface area contributed by atoms with E-state index in [1.807, 2.05) is 19.9 Å². The van der Waals surface area contributed by atoms with Gasteiger partial charge in [0.25, 0.3) is 11.8 Å². The number of nitrogens with zero attached hydrogens (tertiary/aromatic N) is 1. The number of carbonyl (C=O) groups is 3. The second kappa shape index (κ2) is 9.08. The molecule has 33 heavy (non-hydrogen) atoms. The molecule has 4 amide bonds. The Labute approximate surface area is 190 Å². The summed E-state index contributed by atoms with van der Waals surface area (Å²) in [7, 11) is 0. The molecular formula is C26H21FN2O4. The van der Waals surface area contributed by atoms with Crippen LogP contribution < -0.4 is 15.0 Å².